The summed E-state index contributed by atoms with van der Waals surface area (Å²) in [5.74, 6) is -1.98. The summed E-state index contributed by atoms with van der Waals surface area (Å²) in [6, 6.07) is 6.68. The van der Waals surface area contributed by atoms with Crippen molar-refractivity contribution in [1.82, 2.24) is 0 Å². The van der Waals surface area contributed by atoms with Crippen molar-refractivity contribution >= 4 is 39.0 Å². The van der Waals surface area contributed by atoms with E-state index in [0.29, 0.717) is 5.02 Å². The molecule has 0 saturated heterocycles. The molecule has 6 heteroatoms. The molecule has 2 aromatic rings. The summed E-state index contributed by atoms with van der Waals surface area (Å²) in [6.45, 7) is 0. The highest BCUT2D eigenvalue weighted by atomic mass is 79.9. The van der Waals surface area contributed by atoms with Gasteiger partial charge in [-0.2, -0.15) is 0 Å². The van der Waals surface area contributed by atoms with Gasteiger partial charge in [0, 0.05) is 17.5 Å². The van der Waals surface area contributed by atoms with Crippen LogP contribution in [0.2, 0.25) is 5.02 Å². The van der Waals surface area contributed by atoms with Gasteiger partial charge in [0.25, 0.3) is 0 Å². The van der Waals surface area contributed by atoms with Gasteiger partial charge < -0.3 is 5.73 Å². The van der Waals surface area contributed by atoms with Crippen molar-refractivity contribution < 1.29 is 13.6 Å². The lowest BCUT2D eigenvalue weighted by atomic mass is 10.0. The molecule has 0 saturated carbocycles. The molecule has 2 N–H and O–H groups in total. The summed E-state index contributed by atoms with van der Waals surface area (Å²) in [7, 11) is 0. The van der Waals surface area contributed by atoms with E-state index in [1.807, 2.05) is 0 Å². The molecule has 0 heterocycles. The van der Waals surface area contributed by atoms with E-state index in [-0.39, 0.29) is 21.3 Å². The minimum atomic E-state index is -0.778. The van der Waals surface area contributed by atoms with Crippen molar-refractivity contribution in [2.24, 2.45) is 0 Å². The lowest BCUT2D eigenvalue weighted by Crippen LogP contribution is -2.08. The maximum atomic E-state index is 13.8. The second-order valence-electron chi connectivity index (χ2n) is 4.16. The Bertz CT molecular complexity index is 691. The number of carbonyl (C=O) groups excluding carboxylic acids is 1. The first-order valence-corrected chi connectivity index (χ1v) is 6.78. The summed E-state index contributed by atoms with van der Waals surface area (Å²) in [5.41, 5.74) is 5.81. The standard InChI is InChI=1S/C14H9BrClF2NO/c15-9-2-4-11(17)8(14(9)18)6-13(20)7-1-3-10(16)12(19)5-7/h1-5H,6,19H2. The molecule has 0 spiro atoms. The normalized spacial score (nSPS) is 10.6. The molecule has 0 fully saturated rings. The summed E-state index contributed by atoms with van der Waals surface area (Å²) >= 11 is 8.71. The van der Waals surface area contributed by atoms with Crippen LogP contribution in [0.25, 0.3) is 0 Å². The van der Waals surface area contributed by atoms with Crippen molar-refractivity contribution in [2.75, 3.05) is 5.73 Å². The van der Waals surface area contributed by atoms with Gasteiger partial charge in [-0.15, -0.1) is 0 Å². The Kier molecular flexibility index (Phi) is 4.40. The van der Waals surface area contributed by atoms with E-state index in [1.54, 1.807) is 0 Å². The molecule has 0 aromatic heterocycles. The number of hydrogen-bond acceptors (Lipinski definition) is 2. The van der Waals surface area contributed by atoms with Crippen molar-refractivity contribution in [3.8, 4) is 0 Å². The van der Waals surface area contributed by atoms with Crippen LogP contribution < -0.4 is 5.73 Å². The number of benzene rings is 2. The molecule has 0 aliphatic carbocycles. The summed E-state index contributed by atoms with van der Waals surface area (Å²) in [6.07, 6.45) is -0.391. The topological polar surface area (TPSA) is 43.1 Å². The Morgan fingerprint density at radius 1 is 1.25 bits per heavy atom. The lowest BCUT2D eigenvalue weighted by Gasteiger charge is -2.07. The second-order valence-corrected chi connectivity index (χ2v) is 5.42. The number of anilines is 1. The second kappa shape index (κ2) is 5.89. The van der Waals surface area contributed by atoms with Crippen LogP contribution in [-0.4, -0.2) is 5.78 Å². The summed E-state index contributed by atoms with van der Waals surface area (Å²) < 4.78 is 27.5. The fraction of sp³-hybridized carbons (Fsp3) is 0.0714. The third-order valence-corrected chi connectivity index (χ3v) is 3.75. The van der Waals surface area contributed by atoms with Gasteiger partial charge in [0.05, 0.1) is 15.2 Å². The number of Topliss-reactive ketones (excluding diaryl/α,β-unsaturated/α-hetero) is 1. The number of halogens is 4. The quantitative estimate of drug-likeness (QED) is 0.501. The van der Waals surface area contributed by atoms with E-state index in [9.17, 15) is 13.6 Å². The van der Waals surface area contributed by atoms with E-state index in [2.05, 4.69) is 15.9 Å². The van der Waals surface area contributed by atoms with Crippen LogP contribution in [0.1, 0.15) is 15.9 Å². The predicted octanol–water partition coefficient (Wildman–Crippen LogP) is 4.39. The minimum Gasteiger partial charge on any atom is -0.398 e. The SMILES string of the molecule is Nc1cc(C(=O)Cc2c(F)ccc(Br)c2F)ccc1Cl. The van der Waals surface area contributed by atoms with Crippen LogP contribution in [0.3, 0.4) is 0 Å². The number of rotatable bonds is 3. The molecule has 0 aliphatic rings. The minimum absolute atomic E-state index is 0.109. The maximum Gasteiger partial charge on any atom is 0.167 e. The number of ketones is 1. The van der Waals surface area contributed by atoms with E-state index < -0.39 is 23.8 Å². The highest BCUT2D eigenvalue weighted by Gasteiger charge is 2.17. The van der Waals surface area contributed by atoms with Crippen molar-refractivity contribution in [2.45, 2.75) is 6.42 Å². The van der Waals surface area contributed by atoms with E-state index in [0.717, 1.165) is 6.07 Å². The van der Waals surface area contributed by atoms with Gasteiger partial charge in [0.1, 0.15) is 11.6 Å². The summed E-state index contributed by atoms with van der Waals surface area (Å²) in [5, 5.41) is 0.321. The fourth-order valence-electron chi connectivity index (χ4n) is 1.71. The number of nitrogen functional groups attached to an aromatic ring is 1. The average Bonchev–Trinajstić information content (AvgIpc) is 2.42. The zero-order valence-corrected chi connectivity index (χ0v) is 12.4. The Hall–Kier alpha value is -1.46. The molecule has 2 nitrogen and oxygen atoms in total. The first kappa shape index (κ1) is 14.9. The Morgan fingerprint density at radius 3 is 2.60 bits per heavy atom. The molecule has 0 aliphatic heterocycles. The van der Waals surface area contributed by atoms with Crippen LogP contribution in [0.4, 0.5) is 14.5 Å². The Balaban J connectivity index is 2.32. The number of carbonyl (C=O) groups is 1. The molecule has 2 rings (SSSR count). The molecule has 0 atom stereocenters. The third-order valence-electron chi connectivity index (χ3n) is 2.79. The van der Waals surface area contributed by atoms with Gasteiger partial charge >= 0.3 is 0 Å². The molecule has 0 radical (unpaired) electrons. The monoisotopic (exact) mass is 359 g/mol. The van der Waals surface area contributed by atoms with Gasteiger partial charge in [-0.05, 0) is 46.3 Å². The molecule has 104 valence electrons. The molecule has 0 bridgehead atoms. The van der Waals surface area contributed by atoms with Gasteiger partial charge in [-0.1, -0.05) is 11.6 Å². The maximum absolute atomic E-state index is 13.8. The van der Waals surface area contributed by atoms with Crippen LogP contribution >= 0.6 is 27.5 Å². The van der Waals surface area contributed by atoms with Crippen molar-refractivity contribution in [3.63, 3.8) is 0 Å². The molecular formula is C14H9BrClF2NO. The van der Waals surface area contributed by atoms with Crippen molar-refractivity contribution in [3.05, 3.63) is 62.6 Å². The molecule has 20 heavy (non-hydrogen) atoms. The molecule has 0 amide bonds. The largest absolute Gasteiger partial charge is 0.398 e. The molecule has 2 aromatic carbocycles. The predicted molar refractivity (Wildman–Crippen MR) is 78.0 cm³/mol. The molecular weight excluding hydrogens is 352 g/mol. The van der Waals surface area contributed by atoms with Crippen molar-refractivity contribution in [1.29, 1.82) is 0 Å². The van der Waals surface area contributed by atoms with Crippen LogP contribution in [0.5, 0.6) is 0 Å². The highest BCUT2D eigenvalue weighted by Crippen LogP contribution is 2.24. The zero-order valence-electron chi connectivity index (χ0n) is 10.1. The average molecular weight is 361 g/mol. The van der Waals surface area contributed by atoms with Gasteiger partial charge in [-0.3, -0.25) is 4.79 Å². The number of nitrogens with two attached hydrogens (primary N) is 1. The summed E-state index contributed by atoms with van der Waals surface area (Å²) in [4.78, 5) is 12.0. The van der Waals surface area contributed by atoms with Crippen LogP contribution in [-0.2, 0) is 6.42 Å². The van der Waals surface area contributed by atoms with E-state index in [4.69, 9.17) is 17.3 Å². The Labute approximate surface area is 127 Å². The zero-order chi connectivity index (χ0) is 14.9. The highest BCUT2D eigenvalue weighted by molar-refractivity contribution is 9.10. The van der Waals surface area contributed by atoms with Gasteiger partial charge in [0.15, 0.2) is 5.78 Å². The van der Waals surface area contributed by atoms with Gasteiger partial charge in [-0.25, -0.2) is 8.78 Å². The molecule has 0 unspecified atom stereocenters. The third kappa shape index (κ3) is 2.99. The smallest absolute Gasteiger partial charge is 0.167 e. The van der Waals surface area contributed by atoms with Crippen LogP contribution in [0.15, 0.2) is 34.8 Å². The Morgan fingerprint density at radius 2 is 1.95 bits per heavy atom. The fourth-order valence-corrected chi connectivity index (χ4v) is 2.20. The lowest BCUT2D eigenvalue weighted by molar-refractivity contribution is 0.0990. The van der Waals surface area contributed by atoms with E-state index >= 15 is 0 Å². The first-order chi connectivity index (χ1) is 9.40. The number of hydrogen-bond donors (Lipinski definition) is 1. The first-order valence-electron chi connectivity index (χ1n) is 5.60. The van der Waals surface area contributed by atoms with Gasteiger partial charge in [0.2, 0.25) is 0 Å². The van der Waals surface area contributed by atoms with Crippen LogP contribution in [0, 0.1) is 11.6 Å². The van der Waals surface area contributed by atoms with E-state index in [1.165, 1.54) is 24.3 Å².